The van der Waals surface area contributed by atoms with Crippen LogP contribution in [-0.2, 0) is 0 Å². The maximum absolute atomic E-state index is 13.2. The Bertz CT molecular complexity index is 999. The van der Waals surface area contributed by atoms with Crippen LogP contribution in [-0.4, -0.2) is 5.91 Å². The number of hydrogen-bond acceptors (Lipinski definition) is 2. The lowest BCUT2D eigenvalue weighted by molar-refractivity contribution is 0.0993. The first-order chi connectivity index (χ1) is 12.6. The number of rotatable bonds is 3. The molecule has 0 spiro atoms. The van der Waals surface area contributed by atoms with Crippen molar-refractivity contribution in [2.45, 2.75) is 20.0 Å². The SMILES string of the molecule is Cc1ccccc1N1C(=O)c2ccccc2[C@@H]1Nc1cccc(Cl)c1C. The van der Waals surface area contributed by atoms with Crippen LogP contribution in [0.5, 0.6) is 0 Å². The van der Waals surface area contributed by atoms with Gasteiger partial charge in [-0.15, -0.1) is 0 Å². The highest BCUT2D eigenvalue weighted by Gasteiger charge is 2.38. The Hall–Kier alpha value is -2.78. The van der Waals surface area contributed by atoms with Gasteiger partial charge in [0.25, 0.3) is 5.91 Å². The second-order valence-electron chi connectivity index (χ2n) is 6.51. The van der Waals surface area contributed by atoms with E-state index in [0.29, 0.717) is 5.02 Å². The quantitative estimate of drug-likeness (QED) is 0.645. The Balaban J connectivity index is 1.84. The van der Waals surface area contributed by atoms with Gasteiger partial charge < -0.3 is 5.32 Å². The van der Waals surface area contributed by atoms with E-state index in [0.717, 1.165) is 33.6 Å². The zero-order chi connectivity index (χ0) is 18.3. The Morgan fingerprint density at radius 3 is 2.46 bits per heavy atom. The first-order valence-electron chi connectivity index (χ1n) is 8.57. The molecule has 1 aliphatic heterocycles. The second-order valence-corrected chi connectivity index (χ2v) is 6.92. The summed E-state index contributed by atoms with van der Waals surface area (Å²) >= 11 is 6.29. The van der Waals surface area contributed by atoms with Crippen LogP contribution in [0.1, 0.15) is 33.2 Å². The van der Waals surface area contributed by atoms with Crippen LogP contribution in [0, 0.1) is 13.8 Å². The normalized spacial score (nSPS) is 15.9. The van der Waals surface area contributed by atoms with E-state index >= 15 is 0 Å². The van der Waals surface area contributed by atoms with Crippen molar-refractivity contribution in [1.29, 1.82) is 0 Å². The van der Waals surface area contributed by atoms with Crippen molar-refractivity contribution < 1.29 is 4.79 Å². The van der Waals surface area contributed by atoms with Crippen molar-refractivity contribution in [2.24, 2.45) is 0 Å². The molecule has 1 heterocycles. The lowest BCUT2D eigenvalue weighted by Gasteiger charge is -2.29. The largest absolute Gasteiger partial charge is 0.361 e. The number of aryl methyl sites for hydroxylation is 1. The van der Waals surface area contributed by atoms with Gasteiger partial charge in [-0.1, -0.05) is 54.1 Å². The number of carbonyl (C=O) groups is 1. The third-order valence-electron chi connectivity index (χ3n) is 4.90. The lowest BCUT2D eigenvalue weighted by Crippen LogP contribution is -2.33. The second kappa shape index (κ2) is 6.50. The first kappa shape index (κ1) is 16.7. The van der Waals surface area contributed by atoms with Crippen LogP contribution in [0.4, 0.5) is 11.4 Å². The van der Waals surface area contributed by atoms with Gasteiger partial charge in [-0.2, -0.15) is 0 Å². The molecule has 1 aliphatic rings. The van der Waals surface area contributed by atoms with Crippen LogP contribution in [0.15, 0.2) is 66.7 Å². The first-order valence-corrected chi connectivity index (χ1v) is 8.95. The summed E-state index contributed by atoms with van der Waals surface area (Å²) in [5.41, 5.74) is 5.56. The zero-order valence-corrected chi connectivity index (χ0v) is 15.4. The fourth-order valence-electron chi connectivity index (χ4n) is 3.45. The molecule has 4 heteroatoms. The van der Waals surface area contributed by atoms with E-state index in [9.17, 15) is 4.79 Å². The molecule has 0 unspecified atom stereocenters. The highest BCUT2D eigenvalue weighted by molar-refractivity contribution is 6.31. The molecule has 0 aromatic heterocycles. The van der Waals surface area contributed by atoms with E-state index in [1.807, 2.05) is 85.5 Å². The van der Waals surface area contributed by atoms with E-state index in [2.05, 4.69) is 5.32 Å². The van der Waals surface area contributed by atoms with Crippen molar-refractivity contribution >= 4 is 28.9 Å². The maximum atomic E-state index is 13.2. The standard InChI is InChI=1S/C22H19ClN2O/c1-14-8-3-6-13-20(14)25-21(16-9-4-5-10-17(16)22(25)26)24-19-12-7-11-18(23)15(19)2/h3-13,21,24H,1-2H3/t21-/m1/s1. The number of amides is 1. The van der Waals surface area contributed by atoms with Gasteiger partial charge in [0.05, 0.1) is 0 Å². The van der Waals surface area contributed by atoms with E-state index in [1.165, 1.54) is 0 Å². The molecule has 1 atom stereocenters. The molecular weight excluding hydrogens is 344 g/mol. The summed E-state index contributed by atoms with van der Waals surface area (Å²) in [5, 5.41) is 4.24. The molecule has 0 saturated heterocycles. The molecule has 0 aliphatic carbocycles. The fraction of sp³-hybridized carbons (Fsp3) is 0.136. The van der Waals surface area contributed by atoms with Crippen molar-refractivity contribution in [1.82, 2.24) is 0 Å². The number of carbonyl (C=O) groups excluding carboxylic acids is 1. The average Bonchev–Trinajstić information content (AvgIpc) is 2.92. The number of fused-ring (bicyclic) bond motifs is 1. The van der Waals surface area contributed by atoms with Crippen LogP contribution in [0.3, 0.4) is 0 Å². The van der Waals surface area contributed by atoms with Gasteiger partial charge in [0.2, 0.25) is 0 Å². The van der Waals surface area contributed by atoms with Crippen molar-refractivity contribution in [2.75, 3.05) is 10.2 Å². The third-order valence-corrected chi connectivity index (χ3v) is 5.31. The highest BCUT2D eigenvalue weighted by atomic mass is 35.5. The molecule has 4 rings (SSSR count). The molecule has 1 amide bonds. The molecule has 130 valence electrons. The van der Waals surface area contributed by atoms with Crippen LogP contribution >= 0.6 is 11.6 Å². The molecule has 3 nitrogen and oxygen atoms in total. The number of halogens is 1. The third kappa shape index (κ3) is 2.65. The van der Waals surface area contributed by atoms with Gasteiger partial charge >= 0.3 is 0 Å². The van der Waals surface area contributed by atoms with Crippen LogP contribution in [0.25, 0.3) is 0 Å². The van der Waals surface area contributed by atoms with E-state index in [1.54, 1.807) is 0 Å². The summed E-state index contributed by atoms with van der Waals surface area (Å²) in [6.45, 7) is 4.00. The lowest BCUT2D eigenvalue weighted by atomic mass is 10.1. The minimum Gasteiger partial charge on any atom is -0.361 e. The van der Waals surface area contributed by atoms with Gasteiger partial charge in [0.1, 0.15) is 6.17 Å². The molecule has 0 radical (unpaired) electrons. The molecule has 0 saturated carbocycles. The fourth-order valence-corrected chi connectivity index (χ4v) is 3.63. The monoisotopic (exact) mass is 362 g/mol. The number of anilines is 2. The predicted molar refractivity (Wildman–Crippen MR) is 107 cm³/mol. The average molecular weight is 363 g/mol. The van der Waals surface area contributed by atoms with Crippen LogP contribution in [0.2, 0.25) is 5.02 Å². The van der Waals surface area contributed by atoms with Crippen molar-refractivity contribution in [3.63, 3.8) is 0 Å². The predicted octanol–water partition coefficient (Wildman–Crippen LogP) is 5.73. The number of hydrogen-bond donors (Lipinski definition) is 1. The number of nitrogens with one attached hydrogen (secondary N) is 1. The zero-order valence-electron chi connectivity index (χ0n) is 14.7. The summed E-state index contributed by atoms with van der Waals surface area (Å²) in [5.74, 6) is 0.00656. The van der Waals surface area contributed by atoms with Gasteiger partial charge in [-0.05, 0) is 49.2 Å². The molecule has 1 N–H and O–H groups in total. The summed E-state index contributed by atoms with van der Waals surface area (Å²) in [7, 11) is 0. The van der Waals surface area contributed by atoms with Crippen molar-refractivity contribution in [3.05, 3.63) is 94.0 Å². The number of nitrogens with zero attached hydrogens (tertiary/aromatic N) is 1. The van der Waals surface area contributed by atoms with E-state index < -0.39 is 0 Å². The smallest absolute Gasteiger partial charge is 0.260 e. The van der Waals surface area contributed by atoms with Gasteiger partial charge in [-0.25, -0.2) is 0 Å². The highest BCUT2D eigenvalue weighted by Crippen LogP contribution is 2.40. The minimum absolute atomic E-state index is 0.00656. The number of benzene rings is 3. The molecule has 0 bridgehead atoms. The summed E-state index contributed by atoms with van der Waals surface area (Å²) in [6, 6.07) is 21.5. The Labute approximate surface area is 158 Å². The van der Waals surface area contributed by atoms with Gasteiger partial charge in [-0.3, -0.25) is 9.69 Å². The molecule has 3 aromatic carbocycles. The van der Waals surface area contributed by atoms with Gasteiger partial charge in [0, 0.05) is 27.5 Å². The summed E-state index contributed by atoms with van der Waals surface area (Å²) < 4.78 is 0. The summed E-state index contributed by atoms with van der Waals surface area (Å²) in [4.78, 5) is 15.0. The van der Waals surface area contributed by atoms with E-state index in [4.69, 9.17) is 11.6 Å². The van der Waals surface area contributed by atoms with Crippen molar-refractivity contribution in [3.8, 4) is 0 Å². The Morgan fingerprint density at radius 2 is 1.65 bits per heavy atom. The van der Waals surface area contributed by atoms with E-state index in [-0.39, 0.29) is 12.1 Å². The molecular formula is C22H19ClN2O. The van der Waals surface area contributed by atoms with Gasteiger partial charge in [0.15, 0.2) is 0 Å². The minimum atomic E-state index is -0.281. The Kier molecular flexibility index (Phi) is 4.17. The maximum Gasteiger partial charge on any atom is 0.260 e. The molecule has 0 fully saturated rings. The number of para-hydroxylation sites is 1. The topological polar surface area (TPSA) is 32.3 Å². The molecule has 3 aromatic rings. The molecule has 26 heavy (non-hydrogen) atoms. The summed E-state index contributed by atoms with van der Waals surface area (Å²) in [6.07, 6.45) is -0.281. The van der Waals surface area contributed by atoms with Crippen LogP contribution < -0.4 is 10.2 Å². The Morgan fingerprint density at radius 1 is 0.923 bits per heavy atom.